The van der Waals surface area contributed by atoms with Crippen LogP contribution < -0.4 is 4.74 Å². The Labute approximate surface area is 137 Å². The average Bonchev–Trinajstić information content (AvgIpc) is 3.23. The Bertz CT molecular complexity index is 740. The topological polar surface area (TPSA) is 80.0 Å². The van der Waals surface area contributed by atoms with E-state index in [-0.39, 0.29) is 18.2 Å². The highest BCUT2D eigenvalue weighted by Gasteiger charge is 2.35. The van der Waals surface area contributed by atoms with Crippen molar-refractivity contribution in [1.82, 2.24) is 4.90 Å². The Morgan fingerprint density at radius 1 is 1.25 bits per heavy atom. The quantitative estimate of drug-likeness (QED) is 0.910. The van der Waals surface area contributed by atoms with E-state index in [4.69, 9.17) is 14.3 Å². The molecular formula is C17H16FNO5. The molecule has 1 aliphatic heterocycles. The van der Waals surface area contributed by atoms with Crippen molar-refractivity contribution in [1.29, 1.82) is 0 Å². The van der Waals surface area contributed by atoms with Crippen LogP contribution in [0, 0.1) is 5.82 Å². The highest BCUT2D eigenvalue weighted by atomic mass is 19.1. The van der Waals surface area contributed by atoms with Crippen LogP contribution in [-0.2, 0) is 11.4 Å². The molecule has 1 saturated heterocycles. The van der Waals surface area contributed by atoms with Crippen LogP contribution in [0.3, 0.4) is 0 Å². The Balaban J connectivity index is 1.63. The van der Waals surface area contributed by atoms with Gasteiger partial charge in [-0.1, -0.05) is 0 Å². The summed E-state index contributed by atoms with van der Waals surface area (Å²) in [5, 5.41) is 9.14. The zero-order valence-electron chi connectivity index (χ0n) is 12.8. The number of furan rings is 1. The fourth-order valence-electron chi connectivity index (χ4n) is 2.66. The van der Waals surface area contributed by atoms with E-state index >= 15 is 0 Å². The third-order valence-corrected chi connectivity index (χ3v) is 3.87. The SMILES string of the molecule is O=C(O)C1CCCN1C(=O)c1ccc(COc2ccc(F)cc2)o1. The molecule has 6 nitrogen and oxygen atoms in total. The van der Waals surface area contributed by atoms with E-state index in [1.54, 1.807) is 6.07 Å². The highest BCUT2D eigenvalue weighted by molar-refractivity contribution is 5.94. The third kappa shape index (κ3) is 3.40. The van der Waals surface area contributed by atoms with Crippen LogP contribution in [0.1, 0.15) is 29.2 Å². The maximum atomic E-state index is 12.8. The highest BCUT2D eigenvalue weighted by Crippen LogP contribution is 2.22. The molecule has 1 amide bonds. The van der Waals surface area contributed by atoms with Gasteiger partial charge in [-0.3, -0.25) is 4.79 Å². The first kappa shape index (κ1) is 16.0. The molecule has 0 radical (unpaired) electrons. The molecule has 0 bridgehead atoms. The summed E-state index contributed by atoms with van der Waals surface area (Å²) >= 11 is 0. The fourth-order valence-corrected chi connectivity index (χ4v) is 2.66. The van der Waals surface area contributed by atoms with E-state index in [0.717, 1.165) is 0 Å². The molecule has 0 spiro atoms. The average molecular weight is 333 g/mol. The van der Waals surface area contributed by atoms with Gasteiger partial charge in [0.05, 0.1) is 0 Å². The summed E-state index contributed by atoms with van der Waals surface area (Å²) in [6, 6.07) is 7.85. The number of amides is 1. The number of aliphatic carboxylic acids is 1. The minimum atomic E-state index is -1.01. The second-order valence-corrected chi connectivity index (χ2v) is 5.50. The Kier molecular flexibility index (Phi) is 4.50. The summed E-state index contributed by atoms with van der Waals surface area (Å²) in [5.41, 5.74) is 0. The van der Waals surface area contributed by atoms with Gasteiger partial charge in [-0.05, 0) is 49.2 Å². The molecule has 7 heteroatoms. The zero-order chi connectivity index (χ0) is 17.1. The van der Waals surface area contributed by atoms with Crippen LogP contribution in [-0.4, -0.2) is 34.5 Å². The number of hydrogen-bond acceptors (Lipinski definition) is 4. The Morgan fingerprint density at radius 3 is 2.71 bits per heavy atom. The fraction of sp³-hybridized carbons (Fsp3) is 0.294. The number of carboxylic acids is 1. The van der Waals surface area contributed by atoms with Crippen molar-refractivity contribution < 1.29 is 28.2 Å². The molecule has 3 rings (SSSR count). The third-order valence-electron chi connectivity index (χ3n) is 3.87. The largest absolute Gasteiger partial charge is 0.486 e. The number of rotatable bonds is 5. The van der Waals surface area contributed by atoms with Gasteiger partial charge in [-0.2, -0.15) is 0 Å². The molecule has 24 heavy (non-hydrogen) atoms. The summed E-state index contributed by atoms with van der Waals surface area (Å²) in [6.07, 6.45) is 1.10. The lowest BCUT2D eigenvalue weighted by Crippen LogP contribution is -2.40. The van der Waals surface area contributed by atoms with Crippen LogP contribution in [0.5, 0.6) is 5.75 Å². The normalized spacial score (nSPS) is 17.0. The Hall–Kier alpha value is -2.83. The number of ether oxygens (including phenoxy) is 1. The maximum Gasteiger partial charge on any atom is 0.326 e. The van der Waals surface area contributed by atoms with Crippen molar-refractivity contribution in [2.24, 2.45) is 0 Å². The monoisotopic (exact) mass is 333 g/mol. The van der Waals surface area contributed by atoms with Crippen molar-refractivity contribution in [3.8, 4) is 5.75 Å². The molecule has 1 aromatic heterocycles. The van der Waals surface area contributed by atoms with Gasteiger partial charge in [0.15, 0.2) is 5.76 Å². The number of likely N-dealkylation sites (tertiary alicyclic amines) is 1. The molecule has 126 valence electrons. The minimum absolute atomic E-state index is 0.0841. The second-order valence-electron chi connectivity index (χ2n) is 5.50. The van der Waals surface area contributed by atoms with Crippen molar-refractivity contribution in [3.63, 3.8) is 0 Å². The molecule has 0 saturated carbocycles. The molecule has 1 unspecified atom stereocenters. The summed E-state index contributed by atoms with van der Waals surface area (Å²) in [4.78, 5) is 24.8. The standard InChI is InChI=1S/C17H16FNO5/c18-11-3-5-12(6-4-11)23-10-13-7-8-15(24-13)16(20)19-9-1-2-14(19)17(21)22/h3-8,14H,1-2,9-10H2,(H,21,22). The van der Waals surface area contributed by atoms with Crippen LogP contribution in [0.2, 0.25) is 0 Å². The van der Waals surface area contributed by atoms with Gasteiger partial charge >= 0.3 is 5.97 Å². The molecule has 1 atom stereocenters. The number of carboxylic acid groups (broad SMARTS) is 1. The molecule has 1 N–H and O–H groups in total. The molecule has 2 aromatic rings. The number of benzene rings is 1. The molecule has 1 aromatic carbocycles. The van der Waals surface area contributed by atoms with E-state index in [0.29, 0.717) is 30.9 Å². The van der Waals surface area contributed by atoms with Gasteiger partial charge in [0.2, 0.25) is 0 Å². The number of halogens is 1. The molecule has 2 heterocycles. The van der Waals surface area contributed by atoms with E-state index in [1.807, 2.05) is 0 Å². The van der Waals surface area contributed by atoms with Gasteiger partial charge < -0.3 is 19.2 Å². The van der Waals surface area contributed by atoms with Crippen molar-refractivity contribution in [2.45, 2.75) is 25.5 Å². The van der Waals surface area contributed by atoms with Crippen molar-refractivity contribution in [3.05, 3.63) is 53.7 Å². The molecular weight excluding hydrogens is 317 g/mol. The Morgan fingerprint density at radius 2 is 2.00 bits per heavy atom. The number of carbonyl (C=O) groups is 2. The second kappa shape index (κ2) is 6.74. The number of hydrogen-bond donors (Lipinski definition) is 1. The zero-order valence-corrected chi connectivity index (χ0v) is 12.8. The predicted molar refractivity (Wildman–Crippen MR) is 81.1 cm³/mol. The van der Waals surface area contributed by atoms with Crippen LogP contribution >= 0.6 is 0 Å². The number of nitrogens with zero attached hydrogens (tertiary/aromatic N) is 1. The maximum absolute atomic E-state index is 12.8. The lowest BCUT2D eigenvalue weighted by Gasteiger charge is -2.19. The smallest absolute Gasteiger partial charge is 0.326 e. The van der Waals surface area contributed by atoms with Gasteiger partial charge in [-0.25, -0.2) is 9.18 Å². The van der Waals surface area contributed by atoms with Crippen LogP contribution in [0.25, 0.3) is 0 Å². The van der Waals surface area contributed by atoms with Crippen molar-refractivity contribution in [2.75, 3.05) is 6.54 Å². The van der Waals surface area contributed by atoms with E-state index in [9.17, 15) is 14.0 Å². The minimum Gasteiger partial charge on any atom is -0.486 e. The number of carbonyl (C=O) groups excluding carboxylic acids is 1. The lowest BCUT2D eigenvalue weighted by molar-refractivity contribution is -0.141. The summed E-state index contributed by atoms with van der Waals surface area (Å²) < 4.78 is 23.7. The summed E-state index contributed by atoms with van der Waals surface area (Å²) in [6.45, 7) is 0.485. The summed E-state index contributed by atoms with van der Waals surface area (Å²) in [5.74, 6) is -0.812. The van der Waals surface area contributed by atoms with E-state index in [2.05, 4.69) is 0 Å². The van der Waals surface area contributed by atoms with Gasteiger partial charge in [0.1, 0.15) is 30.0 Å². The first-order chi connectivity index (χ1) is 11.5. The van der Waals surface area contributed by atoms with Gasteiger partial charge in [0, 0.05) is 6.54 Å². The molecule has 1 fully saturated rings. The first-order valence-electron chi connectivity index (χ1n) is 7.55. The summed E-state index contributed by atoms with van der Waals surface area (Å²) in [7, 11) is 0. The van der Waals surface area contributed by atoms with Crippen LogP contribution in [0.4, 0.5) is 4.39 Å². The molecule has 1 aliphatic rings. The predicted octanol–water partition coefficient (Wildman–Crippen LogP) is 2.69. The van der Waals surface area contributed by atoms with Gasteiger partial charge in [-0.15, -0.1) is 0 Å². The van der Waals surface area contributed by atoms with Crippen molar-refractivity contribution >= 4 is 11.9 Å². The lowest BCUT2D eigenvalue weighted by atomic mass is 10.2. The van der Waals surface area contributed by atoms with E-state index < -0.39 is 17.9 Å². The van der Waals surface area contributed by atoms with Crippen LogP contribution in [0.15, 0.2) is 40.8 Å². The van der Waals surface area contributed by atoms with Gasteiger partial charge in [0.25, 0.3) is 5.91 Å². The first-order valence-corrected chi connectivity index (χ1v) is 7.55. The van der Waals surface area contributed by atoms with E-state index in [1.165, 1.54) is 35.2 Å². The molecule has 0 aliphatic carbocycles.